The topological polar surface area (TPSA) is 120 Å². The molecule has 0 aliphatic carbocycles. The predicted octanol–water partition coefficient (Wildman–Crippen LogP) is 3.03. The summed E-state index contributed by atoms with van der Waals surface area (Å²) >= 11 is 0. The van der Waals surface area contributed by atoms with Gasteiger partial charge in [-0.15, -0.1) is 0 Å². The molecular weight excluding hydrogens is 366 g/mol. The van der Waals surface area contributed by atoms with E-state index >= 15 is 0 Å². The Morgan fingerprint density at radius 1 is 1.14 bits per heavy atom. The van der Waals surface area contributed by atoms with Gasteiger partial charge in [0.15, 0.2) is 0 Å². The van der Waals surface area contributed by atoms with Crippen LogP contribution in [0.3, 0.4) is 0 Å². The lowest BCUT2D eigenvalue weighted by Gasteiger charge is -2.13. The highest BCUT2D eigenvalue weighted by Gasteiger charge is 2.17. The van der Waals surface area contributed by atoms with Crippen molar-refractivity contribution in [1.82, 2.24) is 5.32 Å². The molecule has 0 unspecified atom stereocenters. The maximum Gasteiger partial charge on any atom is 0.307 e. The van der Waals surface area contributed by atoms with Crippen molar-refractivity contribution in [3.05, 3.63) is 58.1 Å². The van der Waals surface area contributed by atoms with Crippen LogP contribution in [0.15, 0.2) is 42.5 Å². The second kappa shape index (κ2) is 9.91. The summed E-state index contributed by atoms with van der Waals surface area (Å²) in [5, 5.41) is 16.7. The highest BCUT2D eigenvalue weighted by atomic mass is 16.6. The molecule has 2 aromatic carbocycles. The molecule has 2 aromatic rings. The second-order valence-electron chi connectivity index (χ2n) is 5.65. The molecule has 0 heterocycles. The molecule has 2 N–H and O–H groups in total. The molecule has 0 bridgehead atoms. The lowest BCUT2D eigenvalue weighted by Crippen LogP contribution is -2.27. The molecule has 0 atom stereocenters. The molecule has 0 saturated carbocycles. The fourth-order valence-corrected chi connectivity index (χ4v) is 2.38. The van der Waals surface area contributed by atoms with Crippen LogP contribution in [0.25, 0.3) is 0 Å². The van der Waals surface area contributed by atoms with Gasteiger partial charge in [0.2, 0.25) is 0 Å². The minimum absolute atomic E-state index is 0.00967. The van der Waals surface area contributed by atoms with Crippen LogP contribution >= 0.6 is 0 Å². The molecule has 0 saturated heterocycles. The van der Waals surface area contributed by atoms with E-state index in [2.05, 4.69) is 10.6 Å². The van der Waals surface area contributed by atoms with Crippen molar-refractivity contribution in [2.75, 3.05) is 25.6 Å². The van der Waals surface area contributed by atoms with Crippen LogP contribution in [-0.2, 0) is 9.53 Å². The number of nitro groups is 1. The molecule has 9 nitrogen and oxygen atoms in total. The number of benzene rings is 2. The van der Waals surface area contributed by atoms with Crippen LogP contribution in [0.5, 0.6) is 5.75 Å². The fraction of sp³-hybridized carbons (Fsp3) is 0.263. The number of carbonyl (C=O) groups excluding carboxylic acids is 2. The van der Waals surface area contributed by atoms with Crippen molar-refractivity contribution in [2.45, 2.75) is 13.3 Å². The van der Waals surface area contributed by atoms with Crippen molar-refractivity contribution < 1.29 is 24.0 Å². The zero-order valence-electron chi connectivity index (χ0n) is 15.6. The maximum absolute atomic E-state index is 12.5. The second-order valence-corrected chi connectivity index (χ2v) is 5.65. The summed E-state index contributed by atoms with van der Waals surface area (Å²) in [6.45, 7) is 2.01. The third kappa shape index (κ3) is 5.70. The number of nitrogens with zero attached hydrogens (tertiary/aromatic N) is 1. The van der Waals surface area contributed by atoms with E-state index in [9.17, 15) is 19.7 Å². The lowest BCUT2D eigenvalue weighted by molar-refractivity contribution is -0.384. The summed E-state index contributed by atoms with van der Waals surface area (Å²) in [7, 11) is 1.55. The number of esters is 1. The van der Waals surface area contributed by atoms with Crippen molar-refractivity contribution in [3.63, 3.8) is 0 Å². The minimum atomic E-state index is -0.577. The molecule has 1 amide bonds. The summed E-state index contributed by atoms with van der Waals surface area (Å²) in [4.78, 5) is 34.4. The molecule has 0 fully saturated rings. The summed E-state index contributed by atoms with van der Waals surface area (Å²) in [5.74, 6) is -0.298. The van der Waals surface area contributed by atoms with Gasteiger partial charge in [0.05, 0.1) is 36.3 Å². The lowest BCUT2D eigenvalue weighted by atomic mass is 10.1. The molecule has 0 aromatic heterocycles. The minimum Gasteiger partial charge on any atom is -0.497 e. The number of carbonyl (C=O) groups is 2. The first-order valence-electron chi connectivity index (χ1n) is 8.58. The number of hydrogen-bond acceptors (Lipinski definition) is 7. The van der Waals surface area contributed by atoms with Gasteiger partial charge in [0.25, 0.3) is 11.6 Å². The predicted molar refractivity (Wildman–Crippen MR) is 103 cm³/mol. The van der Waals surface area contributed by atoms with E-state index in [0.717, 1.165) is 0 Å². The van der Waals surface area contributed by atoms with Crippen molar-refractivity contribution in [1.29, 1.82) is 0 Å². The van der Waals surface area contributed by atoms with E-state index in [1.54, 1.807) is 38.3 Å². The molecule has 2 rings (SSSR count). The van der Waals surface area contributed by atoms with Gasteiger partial charge in [-0.1, -0.05) is 0 Å². The Labute approximate surface area is 161 Å². The number of ether oxygens (including phenoxy) is 2. The van der Waals surface area contributed by atoms with Gasteiger partial charge >= 0.3 is 5.97 Å². The Kier molecular flexibility index (Phi) is 7.32. The molecule has 28 heavy (non-hydrogen) atoms. The van der Waals surface area contributed by atoms with E-state index < -0.39 is 16.8 Å². The largest absolute Gasteiger partial charge is 0.497 e. The van der Waals surface area contributed by atoms with Crippen LogP contribution in [0.1, 0.15) is 23.7 Å². The van der Waals surface area contributed by atoms with Gasteiger partial charge in [-0.2, -0.15) is 0 Å². The first-order chi connectivity index (χ1) is 13.4. The van der Waals surface area contributed by atoms with Crippen LogP contribution in [0, 0.1) is 10.1 Å². The highest BCUT2D eigenvalue weighted by molar-refractivity contribution is 6.01. The maximum atomic E-state index is 12.5. The third-order valence-corrected chi connectivity index (χ3v) is 3.75. The third-order valence-electron chi connectivity index (χ3n) is 3.75. The fourth-order valence-electron chi connectivity index (χ4n) is 2.38. The molecular formula is C19H21N3O6. The monoisotopic (exact) mass is 387 g/mol. The zero-order chi connectivity index (χ0) is 20.5. The Hall–Kier alpha value is -3.62. The number of anilines is 2. The average Bonchev–Trinajstić information content (AvgIpc) is 2.68. The number of methoxy groups -OCH3 is 1. The van der Waals surface area contributed by atoms with E-state index in [4.69, 9.17) is 9.47 Å². The summed E-state index contributed by atoms with van der Waals surface area (Å²) < 4.78 is 9.90. The number of amides is 1. The van der Waals surface area contributed by atoms with Gasteiger partial charge in [-0.25, -0.2) is 0 Å². The van der Waals surface area contributed by atoms with E-state index in [1.807, 2.05) is 0 Å². The Morgan fingerprint density at radius 2 is 1.86 bits per heavy atom. The van der Waals surface area contributed by atoms with Crippen molar-refractivity contribution in [2.24, 2.45) is 0 Å². The quantitative estimate of drug-likeness (QED) is 0.385. The Balaban J connectivity index is 2.18. The molecule has 9 heteroatoms. The summed E-state index contributed by atoms with van der Waals surface area (Å²) in [6, 6.07) is 10.9. The van der Waals surface area contributed by atoms with Gasteiger partial charge in [-0.05, 0) is 37.3 Å². The number of nitro benzene ring substituents is 1. The van der Waals surface area contributed by atoms with Gasteiger partial charge in [0.1, 0.15) is 5.75 Å². The number of rotatable bonds is 9. The molecule has 0 aliphatic rings. The summed E-state index contributed by atoms with van der Waals surface area (Å²) in [5.41, 5.74) is 0.948. The molecule has 0 spiro atoms. The Morgan fingerprint density at radius 3 is 2.46 bits per heavy atom. The first-order valence-corrected chi connectivity index (χ1v) is 8.58. The number of nitrogens with one attached hydrogen (secondary N) is 2. The van der Waals surface area contributed by atoms with Crippen molar-refractivity contribution >= 4 is 28.9 Å². The first kappa shape index (κ1) is 20.7. The van der Waals surface area contributed by atoms with Crippen LogP contribution in [0.2, 0.25) is 0 Å². The van der Waals surface area contributed by atoms with Crippen LogP contribution in [0.4, 0.5) is 17.1 Å². The smallest absolute Gasteiger partial charge is 0.307 e. The van der Waals surface area contributed by atoms with Crippen molar-refractivity contribution in [3.8, 4) is 5.75 Å². The van der Waals surface area contributed by atoms with Gasteiger partial charge in [0, 0.05) is 24.4 Å². The standard InChI is InChI=1S/C19H21N3O6/c1-3-28-18(23)10-11-20-19(24)16-12-14(22(25)26)6-9-17(16)21-13-4-7-15(27-2)8-5-13/h4-9,12,21H,3,10-11H2,1-2H3,(H,20,24). The van der Waals surface area contributed by atoms with Gasteiger partial charge in [-0.3, -0.25) is 19.7 Å². The summed E-state index contributed by atoms with van der Waals surface area (Å²) in [6.07, 6.45) is 0.00967. The molecule has 0 aliphatic heterocycles. The number of hydrogen-bond donors (Lipinski definition) is 2. The van der Waals surface area contributed by atoms with Crippen LogP contribution < -0.4 is 15.4 Å². The van der Waals surface area contributed by atoms with E-state index in [0.29, 0.717) is 17.1 Å². The molecule has 148 valence electrons. The zero-order valence-corrected chi connectivity index (χ0v) is 15.6. The average molecular weight is 387 g/mol. The molecule has 0 radical (unpaired) electrons. The van der Waals surface area contributed by atoms with Crippen LogP contribution in [-0.4, -0.2) is 37.1 Å². The van der Waals surface area contributed by atoms with Gasteiger partial charge < -0.3 is 20.1 Å². The van der Waals surface area contributed by atoms with E-state index in [-0.39, 0.29) is 30.8 Å². The highest BCUT2D eigenvalue weighted by Crippen LogP contribution is 2.26. The number of non-ortho nitro benzene ring substituents is 1. The Bertz CT molecular complexity index is 851. The SMILES string of the molecule is CCOC(=O)CCNC(=O)c1cc([N+](=O)[O-])ccc1Nc1ccc(OC)cc1. The normalized spacial score (nSPS) is 10.1. The van der Waals surface area contributed by atoms with E-state index in [1.165, 1.54) is 18.2 Å².